The molecule has 0 unspecified atom stereocenters. The molecule has 0 amide bonds. The molecule has 10 aromatic carbocycles. The molecule has 0 aliphatic rings. The minimum absolute atomic E-state index is 0.287. The van der Waals surface area contributed by atoms with Crippen molar-refractivity contribution in [1.29, 1.82) is 36.8 Å². The van der Waals surface area contributed by atoms with Gasteiger partial charge in [-0.15, -0.1) is 0 Å². The molecule has 12 aromatic rings. The summed E-state index contributed by atoms with van der Waals surface area (Å²) >= 11 is 0. The number of benzene rings is 10. The van der Waals surface area contributed by atoms with E-state index in [4.69, 9.17) is 0 Å². The average molecular weight is 964 g/mol. The van der Waals surface area contributed by atoms with Crippen LogP contribution in [0.3, 0.4) is 0 Å². The Morgan fingerprint density at radius 3 is 0.803 bits per heavy atom. The van der Waals surface area contributed by atoms with E-state index in [-0.39, 0.29) is 11.1 Å². The quantitative estimate of drug-likeness (QED) is 0.153. The lowest BCUT2D eigenvalue weighted by Gasteiger charge is -2.20. The summed E-state index contributed by atoms with van der Waals surface area (Å²) < 4.78 is 4.25. The highest BCUT2D eigenvalue weighted by Gasteiger charge is 2.24. The van der Waals surface area contributed by atoms with Gasteiger partial charge < -0.3 is 9.13 Å². The molecule has 0 atom stereocenters. The number of hydrogen-bond acceptors (Lipinski definition) is 7. The summed E-state index contributed by atoms with van der Waals surface area (Å²) in [5.74, 6) is 0. The van der Waals surface area contributed by atoms with Crippen LogP contribution in [-0.4, -0.2) is 9.13 Å². The zero-order chi connectivity index (χ0) is 52.0. The van der Waals surface area contributed by atoms with Gasteiger partial charge in [-0.25, -0.2) is 0 Å². The second-order valence-electron chi connectivity index (χ2n) is 18.4. The lowest BCUT2D eigenvalue weighted by molar-refractivity contribution is 1.14. The van der Waals surface area contributed by atoms with Crippen molar-refractivity contribution in [3.05, 3.63) is 239 Å². The Morgan fingerprint density at radius 2 is 0.513 bits per heavy atom. The summed E-state index contributed by atoms with van der Waals surface area (Å²) in [5, 5.41) is 74.7. The van der Waals surface area contributed by atoms with E-state index in [1.165, 1.54) is 0 Å². The molecular formula is C67H33N9. The molecule has 9 nitrogen and oxygen atoms in total. The molecule has 76 heavy (non-hydrogen) atoms. The smallest absolute Gasteiger partial charge is 0.101 e. The fourth-order valence-corrected chi connectivity index (χ4v) is 10.4. The Hall–Kier alpha value is -11.8. The van der Waals surface area contributed by atoms with Crippen LogP contribution in [0.1, 0.15) is 38.9 Å². The zero-order valence-electron chi connectivity index (χ0n) is 40.1. The minimum Gasteiger partial charge on any atom is -0.309 e. The largest absolute Gasteiger partial charge is 0.309 e. The SMILES string of the molecule is N#Cc1ccc(-c2ccc3c4ccc(-c5ccc(C#N)cc5)cc4n(-c4cc(-c5cc(C#N)cc(C#N)c5)c(-n5c6cc(-c7ccc(C#N)cc7)ccc6c6ccc(-c7ccc(C#N)cc7)cc65)cc4C#N)c3c2)cc1. The number of hydrogen-bond donors (Lipinski definition) is 0. The molecule has 0 radical (unpaired) electrons. The molecule has 0 saturated heterocycles. The molecule has 0 saturated carbocycles. The molecule has 2 aromatic heterocycles. The van der Waals surface area contributed by atoms with E-state index in [9.17, 15) is 36.8 Å². The molecule has 0 spiro atoms. The molecule has 0 bridgehead atoms. The summed E-state index contributed by atoms with van der Waals surface area (Å²) in [6, 6.07) is 79.6. The van der Waals surface area contributed by atoms with Crippen LogP contribution >= 0.6 is 0 Å². The van der Waals surface area contributed by atoms with Crippen LogP contribution in [0.4, 0.5) is 0 Å². The zero-order valence-corrected chi connectivity index (χ0v) is 40.1. The van der Waals surface area contributed by atoms with Gasteiger partial charge in [-0.2, -0.15) is 36.8 Å². The van der Waals surface area contributed by atoms with Crippen LogP contribution in [0, 0.1) is 79.3 Å². The molecule has 2 heterocycles. The van der Waals surface area contributed by atoms with Gasteiger partial charge in [-0.3, -0.25) is 0 Å². The lowest BCUT2D eigenvalue weighted by atomic mass is 9.96. The first kappa shape index (κ1) is 45.4. The second kappa shape index (κ2) is 18.4. The first-order valence-electron chi connectivity index (χ1n) is 24.0. The van der Waals surface area contributed by atoms with Gasteiger partial charge in [0.15, 0.2) is 0 Å². The van der Waals surface area contributed by atoms with Gasteiger partial charge in [0, 0.05) is 27.1 Å². The Balaban J connectivity index is 1.20. The molecule has 0 aliphatic heterocycles. The summed E-state index contributed by atoms with van der Waals surface area (Å²) in [4.78, 5) is 0. The predicted molar refractivity (Wildman–Crippen MR) is 295 cm³/mol. The monoisotopic (exact) mass is 963 g/mol. The Bertz CT molecular complexity index is 4470. The van der Waals surface area contributed by atoms with Crippen LogP contribution in [0.5, 0.6) is 0 Å². The normalized spacial score (nSPS) is 10.8. The third-order valence-corrected chi connectivity index (χ3v) is 14.1. The van der Waals surface area contributed by atoms with Crippen molar-refractivity contribution >= 4 is 43.6 Å². The van der Waals surface area contributed by atoms with Crippen molar-refractivity contribution < 1.29 is 0 Å². The van der Waals surface area contributed by atoms with E-state index in [1.807, 2.05) is 60.7 Å². The molecule has 0 fully saturated rings. The van der Waals surface area contributed by atoms with Crippen molar-refractivity contribution in [2.24, 2.45) is 0 Å². The highest BCUT2D eigenvalue weighted by molar-refractivity contribution is 6.13. The fraction of sp³-hybridized carbons (Fsp3) is 0. The highest BCUT2D eigenvalue weighted by Crippen LogP contribution is 2.44. The van der Waals surface area contributed by atoms with Crippen LogP contribution in [-0.2, 0) is 0 Å². The van der Waals surface area contributed by atoms with E-state index in [0.717, 1.165) is 88.1 Å². The van der Waals surface area contributed by atoms with E-state index in [2.05, 4.69) is 124 Å². The highest BCUT2D eigenvalue weighted by atomic mass is 15.0. The molecule has 12 rings (SSSR count). The van der Waals surface area contributed by atoms with Gasteiger partial charge in [-0.1, -0.05) is 97.1 Å². The fourth-order valence-electron chi connectivity index (χ4n) is 10.4. The van der Waals surface area contributed by atoms with Crippen molar-refractivity contribution in [1.82, 2.24) is 9.13 Å². The van der Waals surface area contributed by atoms with E-state index in [0.29, 0.717) is 50.3 Å². The third-order valence-electron chi connectivity index (χ3n) is 14.1. The van der Waals surface area contributed by atoms with Gasteiger partial charge in [-0.05, 0) is 153 Å². The maximum absolute atomic E-state index is 11.6. The lowest BCUT2D eigenvalue weighted by Crippen LogP contribution is -2.04. The first-order chi connectivity index (χ1) is 37.3. The summed E-state index contributed by atoms with van der Waals surface area (Å²) in [6.45, 7) is 0. The van der Waals surface area contributed by atoms with E-state index < -0.39 is 0 Å². The molecule has 0 N–H and O–H groups in total. The van der Waals surface area contributed by atoms with Crippen LogP contribution in [0.15, 0.2) is 200 Å². The number of nitriles is 7. The van der Waals surface area contributed by atoms with Crippen LogP contribution < -0.4 is 0 Å². The Morgan fingerprint density at radius 1 is 0.224 bits per heavy atom. The van der Waals surface area contributed by atoms with Crippen molar-refractivity contribution in [2.45, 2.75) is 0 Å². The minimum atomic E-state index is 0.287. The van der Waals surface area contributed by atoms with Gasteiger partial charge in [0.25, 0.3) is 0 Å². The standard InChI is InChI=1S/C67H33N9/c68-34-41-1-9-47(10-2-41)51-17-21-57-58-22-18-52(48-11-3-42(35-69)4-12-48)29-64(58)75(63(57)28-51)62-33-61(55-26-45(38-72)25-46(27-55)39-73)67(32-56(62)40-74)76-65-30-53(49-13-5-43(36-70)6-14-49)19-23-59(65)60-24-20-54(31-66(60)76)50-15-7-44(37-71)8-16-50/h1-33H. The summed E-state index contributed by atoms with van der Waals surface area (Å²) in [7, 11) is 0. The van der Waals surface area contributed by atoms with Crippen molar-refractivity contribution in [2.75, 3.05) is 0 Å². The summed E-state index contributed by atoms with van der Waals surface area (Å²) in [6.07, 6.45) is 0. The Kier molecular flexibility index (Phi) is 11.0. The predicted octanol–water partition coefficient (Wildman–Crippen LogP) is 15.3. The van der Waals surface area contributed by atoms with Crippen molar-refractivity contribution in [3.63, 3.8) is 0 Å². The van der Waals surface area contributed by atoms with Gasteiger partial charge in [0.2, 0.25) is 0 Å². The average Bonchev–Trinajstić information content (AvgIpc) is 4.10. The van der Waals surface area contributed by atoms with Gasteiger partial charge in [0.05, 0.1) is 109 Å². The summed E-state index contributed by atoms with van der Waals surface area (Å²) in [5.41, 5.74) is 15.9. The molecular weight excluding hydrogens is 931 g/mol. The number of aromatic nitrogens is 2. The molecule has 9 heteroatoms. The third kappa shape index (κ3) is 7.69. The number of rotatable bonds is 7. The van der Waals surface area contributed by atoms with Crippen molar-refractivity contribution in [3.8, 4) is 109 Å². The van der Waals surface area contributed by atoms with Crippen LogP contribution in [0.2, 0.25) is 0 Å². The first-order valence-corrected chi connectivity index (χ1v) is 24.0. The van der Waals surface area contributed by atoms with Crippen LogP contribution in [0.25, 0.3) is 111 Å². The molecule has 346 valence electrons. The molecule has 0 aliphatic carbocycles. The van der Waals surface area contributed by atoms with Gasteiger partial charge >= 0.3 is 0 Å². The van der Waals surface area contributed by atoms with E-state index in [1.54, 1.807) is 66.7 Å². The Labute approximate surface area is 436 Å². The second-order valence-corrected chi connectivity index (χ2v) is 18.4. The maximum atomic E-state index is 11.6. The van der Waals surface area contributed by atoms with Gasteiger partial charge in [0.1, 0.15) is 6.07 Å². The topological polar surface area (TPSA) is 176 Å². The number of fused-ring (bicyclic) bond motifs is 6. The maximum Gasteiger partial charge on any atom is 0.101 e. The number of nitrogens with zero attached hydrogens (tertiary/aromatic N) is 9. The van der Waals surface area contributed by atoms with E-state index >= 15 is 0 Å².